The molecule has 3 aromatic rings. The number of para-hydroxylation sites is 1. The molecule has 0 radical (unpaired) electrons. The van der Waals surface area contributed by atoms with E-state index in [4.69, 9.17) is 10.1 Å². The van der Waals surface area contributed by atoms with E-state index in [1.165, 1.54) is 40.0 Å². The molecule has 0 bridgehead atoms. The van der Waals surface area contributed by atoms with Gasteiger partial charge in [0, 0.05) is 20.3 Å². The number of nitrogens with zero attached hydrogens (tertiary/aromatic N) is 3. The predicted octanol–water partition coefficient (Wildman–Crippen LogP) is 2.72. The monoisotopic (exact) mass is 520 g/mol. The van der Waals surface area contributed by atoms with Gasteiger partial charge < -0.3 is 30.2 Å². The van der Waals surface area contributed by atoms with Gasteiger partial charge in [-0.05, 0) is 67.9 Å². The highest BCUT2D eigenvalue weighted by molar-refractivity contribution is 5.96. The van der Waals surface area contributed by atoms with E-state index in [-0.39, 0.29) is 31.0 Å². The summed E-state index contributed by atoms with van der Waals surface area (Å²) in [6, 6.07) is 8.04. The largest absolute Gasteiger partial charge is 0.465 e. The fourth-order valence-corrected chi connectivity index (χ4v) is 4.17. The highest BCUT2D eigenvalue weighted by Gasteiger charge is 2.23. The smallest absolute Gasteiger partial charge is 0.405 e. The van der Waals surface area contributed by atoms with E-state index in [1.54, 1.807) is 32.4 Å². The second-order valence-electron chi connectivity index (χ2n) is 9.70. The topological polar surface area (TPSA) is 149 Å². The number of pyridine rings is 1. The third-order valence-electron chi connectivity index (χ3n) is 6.39. The van der Waals surface area contributed by atoms with Crippen molar-refractivity contribution in [3.63, 3.8) is 0 Å². The molecule has 0 saturated heterocycles. The van der Waals surface area contributed by atoms with Gasteiger partial charge in [0.05, 0.1) is 17.6 Å². The van der Waals surface area contributed by atoms with Crippen molar-refractivity contribution in [1.82, 2.24) is 24.8 Å². The SMILES string of the molecule is CN(C)C(=O)C=CCCC(NC(=O)O)C(=O)Nc1cccn(Cc2nc3c(CC4CC4)cccc3[nH]2)c1=O. The van der Waals surface area contributed by atoms with Crippen LogP contribution in [0.1, 0.15) is 37.1 Å². The Bertz CT molecular complexity index is 1420. The highest BCUT2D eigenvalue weighted by atomic mass is 16.4. The van der Waals surface area contributed by atoms with Crippen LogP contribution in [0.5, 0.6) is 0 Å². The standard InChI is InChI=1S/C27H32N6O5/c1-32(2)23(34)11-4-3-8-20(30-27(37)38)25(35)29-21-10-6-14-33(26(21)36)16-22-28-19-9-5-7-18(24(19)31-22)15-17-12-13-17/h4-7,9-11,14,17,20,30H,3,8,12-13,15-16H2,1-2H3,(H,28,31)(H,29,35)(H,37,38). The lowest BCUT2D eigenvalue weighted by Crippen LogP contribution is -2.44. The molecule has 38 heavy (non-hydrogen) atoms. The zero-order valence-corrected chi connectivity index (χ0v) is 21.4. The quantitative estimate of drug-likeness (QED) is 0.286. The molecule has 0 aliphatic heterocycles. The number of H-pyrrole nitrogens is 1. The number of aromatic amines is 1. The zero-order valence-electron chi connectivity index (χ0n) is 21.4. The van der Waals surface area contributed by atoms with Gasteiger partial charge in [-0.15, -0.1) is 0 Å². The molecule has 1 aliphatic carbocycles. The van der Waals surface area contributed by atoms with E-state index in [9.17, 15) is 19.2 Å². The van der Waals surface area contributed by atoms with Crippen LogP contribution in [0, 0.1) is 5.92 Å². The Balaban J connectivity index is 1.45. The van der Waals surface area contributed by atoms with Crippen molar-refractivity contribution >= 4 is 34.6 Å². The van der Waals surface area contributed by atoms with Crippen molar-refractivity contribution in [1.29, 1.82) is 0 Å². The number of anilines is 1. The Hall–Kier alpha value is -4.41. The minimum absolute atomic E-state index is 0.0264. The molecule has 1 atom stereocenters. The number of benzene rings is 1. The van der Waals surface area contributed by atoms with Crippen LogP contribution in [0.2, 0.25) is 0 Å². The normalized spacial score (nSPS) is 13.9. The van der Waals surface area contributed by atoms with Crippen molar-refractivity contribution < 1.29 is 19.5 Å². The van der Waals surface area contributed by atoms with Crippen LogP contribution in [0.25, 0.3) is 11.0 Å². The summed E-state index contributed by atoms with van der Waals surface area (Å²) in [4.78, 5) is 58.3. The molecule has 0 spiro atoms. The summed E-state index contributed by atoms with van der Waals surface area (Å²) in [5.41, 5.74) is 2.61. The van der Waals surface area contributed by atoms with Gasteiger partial charge in [-0.25, -0.2) is 9.78 Å². The van der Waals surface area contributed by atoms with Crippen molar-refractivity contribution in [3.8, 4) is 0 Å². The molecule has 1 aromatic carbocycles. The van der Waals surface area contributed by atoms with E-state index >= 15 is 0 Å². The van der Waals surface area contributed by atoms with Gasteiger partial charge in [0.15, 0.2) is 0 Å². The maximum absolute atomic E-state index is 13.1. The number of aromatic nitrogens is 3. The number of hydrogen-bond donors (Lipinski definition) is 4. The van der Waals surface area contributed by atoms with E-state index in [0.29, 0.717) is 5.82 Å². The molecule has 11 nitrogen and oxygen atoms in total. The number of carboxylic acid groups (broad SMARTS) is 1. The van der Waals surface area contributed by atoms with E-state index in [2.05, 4.69) is 21.7 Å². The van der Waals surface area contributed by atoms with Crippen LogP contribution in [-0.2, 0) is 22.6 Å². The number of nitrogens with one attached hydrogen (secondary N) is 3. The molecular weight excluding hydrogens is 488 g/mol. The lowest BCUT2D eigenvalue weighted by atomic mass is 10.1. The van der Waals surface area contributed by atoms with Crippen molar-refractivity contribution in [2.45, 2.75) is 44.7 Å². The molecule has 4 N–H and O–H groups in total. The first-order valence-electron chi connectivity index (χ1n) is 12.6. The number of likely N-dealkylation sites (N-methyl/N-ethyl adjacent to an activating group) is 1. The van der Waals surface area contributed by atoms with E-state index < -0.39 is 23.6 Å². The van der Waals surface area contributed by atoms with Gasteiger partial charge in [0.25, 0.3) is 5.56 Å². The molecule has 2 heterocycles. The minimum Gasteiger partial charge on any atom is -0.465 e. The molecule has 1 saturated carbocycles. The number of hydrogen-bond acceptors (Lipinski definition) is 5. The number of imidazole rings is 1. The van der Waals surface area contributed by atoms with Gasteiger partial charge in [-0.3, -0.25) is 14.4 Å². The van der Waals surface area contributed by atoms with Crippen molar-refractivity contribution in [2.75, 3.05) is 19.4 Å². The van der Waals surface area contributed by atoms with Crippen LogP contribution in [0.4, 0.5) is 10.5 Å². The first-order valence-corrected chi connectivity index (χ1v) is 12.6. The molecule has 4 rings (SSSR count). The molecule has 2 aromatic heterocycles. The lowest BCUT2D eigenvalue weighted by molar-refractivity contribution is -0.123. The van der Waals surface area contributed by atoms with Gasteiger partial charge in [-0.1, -0.05) is 18.2 Å². The van der Waals surface area contributed by atoms with E-state index in [1.807, 2.05) is 12.1 Å². The summed E-state index contributed by atoms with van der Waals surface area (Å²) < 4.78 is 1.43. The van der Waals surface area contributed by atoms with E-state index in [0.717, 1.165) is 23.4 Å². The lowest BCUT2D eigenvalue weighted by Gasteiger charge is -2.16. The van der Waals surface area contributed by atoms with Crippen LogP contribution in [0.3, 0.4) is 0 Å². The molecule has 1 unspecified atom stereocenters. The van der Waals surface area contributed by atoms with Gasteiger partial charge in [0.2, 0.25) is 11.8 Å². The Kier molecular flexibility index (Phi) is 8.25. The van der Waals surface area contributed by atoms with Crippen LogP contribution in [0.15, 0.2) is 53.5 Å². The first kappa shape index (κ1) is 26.6. The number of rotatable bonds is 11. The molecular formula is C27H32N6O5. The Morgan fingerprint density at radius 1 is 1.24 bits per heavy atom. The summed E-state index contributed by atoms with van der Waals surface area (Å²) in [5.74, 6) is 0.464. The molecule has 1 fully saturated rings. The van der Waals surface area contributed by atoms with Crippen molar-refractivity contribution in [2.24, 2.45) is 5.92 Å². The minimum atomic E-state index is -1.37. The Morgan fingerprint density at radius 3 is 2.74 bits per heavy atom. The average molecular weight is 521 g/mol. The maximum Gasteiger partial charge on any atom is 0.405 e. The fourth-order valence-electron chi connectivity index (χ4n) is 4.17. The summed E-state index contributed by atoms with van der Waals surface area (Å²) in [6.45, 7) is 0.182. The number of carbonyl (C=O) groups excluding carboxylic acids is 2. The summed E-state index contributed by atoms with van der Waals surface area (Å²) in [7, 11) is 3.23. The second-order valence-corrected chi connectivity index (χ2v) is 9.70. The first-order chi connectivity index (χ1) is 18.2. The highest BCUT2D eigenvalue weighted by Crippen LogP contribution is 2.34. The van der Waals surface area contributed by atoms with Crippen LogP contribution in [-0.4, -0.2) is 62.6 Å². The predicted molar refractivity (Wildman–Crippen MR) is 143 cm³/mol. The number of allylic oxidation sites excluding steroid dienone is 1. The third-order valence-corrected chi connectivity index (χ3v) is 6.39. The van der Waals surface area contributed by atoms with Crippen LogP contribution >= 0.6 is 0 Å². The second kappa shape index (κ2) is 11.8. The van der Waals surface area contributed by atoms with Gasteiger partial charge >= 0.3 is 6.09 Å². The summed E-state index contributed by atoms with van der Waals surface area (Å²) >= 11 is 0. The fraction of sp³-hybridized carbons (Fsp3) is 0.370. The Morgan fingerprint density at radius 2 is 2.03 bits per heavy atom. The number of amides is 3. The number of carbonyl (C=O) groups is 3. The third kappa shape index (κ3) is 6.87. The molecule has 1 aliphatic rings. The maximum atomic E-state index is 13.1. The van der Waals surface area contributed by atoms with Crippen LogP contribution < -0.4 is 16.2 Å². The van der Waals surface area contributed by atoms with Gasteiger partial charge in [0.1, 0.15) is 17.6 Å². The Labute approximate surface area is 219 Å². The molecule has 200 valence electrons. The summed E-state index contributed by atoms with van der Waals surface area (Å²) in [5, 5.41) is 13.9. The number of fused-ring (bicyclic) bond motifs is 1. The van der Waals surface area contributed by atoms with Gasteiger partial charge in [-0.2, -0.15) is 0 Å². The molecule has 11 heteroatoms. The zero-order chi connectivity index (χ0) is 27.2. The molecule has 3 amide bonds. The van der Waals surface area contributed by atoms with Crippen molar-refractivity contribution in [3.05, 3.63) is 70.4 Å². The average Bonchev–Trinajstić information content (AvgIpc) is 3.59. The summed E-state index contributed by atoms with van der Waals surface area (Å²) in [6.07, 6.45) is 7.06.